The van der Waals surface area contributed by atoms with Gasteiger partial charge in [-0.15, -0.1) is 0 Å². The molecule has 0 aliphatic carbocycles. The zero-order valence-electron chi connectivity index (χ0n) is 16.3. The lowest BCUT2D eigenvalue weighted by atomic mass is 9.98. The first-order valence-electron chi connectivity index (χ1n) is 9.79. The Bertz CT molecular complexity index is 1050. The maximum absolute atomic E-state index is 13.2. The van der Waals surface area contributed by atoms with Gasteiger partial charge >= 0.3 is 0 Å². The number of nitrogens with zero attached hydrogens (tertiary/aromatic N) is 1. The zero-order chi connectivity index (χ0) is 20.8. The first-order valence-corrected chi connectivity index (χ1v) is 9.79. The highest BCUT2D eigenvalue weighted by atomic mass is 19.1. The second-order valence-corrected chi connectivity index (χ2v) is 7.01. The van der Waals surface area contributed by atoms with Crippen LogP contribution in [0.3, 0.4) is 0 Å². The van der Waals surface area contributed by atoms with Crippen molar-refractivity contribution in [2.45, 2.75) is 18.9 Å². The van der Waals surface area contributed by atoms with Crippen LogP contribution < -0.4 is 5.32 Å². The van der Waals surface area contributed by atoms with Crippen molar-refractivity contribution in [3.05, 3.63) is 114 Å². The lowest BCUT2D eigenvalue weighted by Crippen LogP contribution is -2.29. The maximum Gasteiger partial charge on any atom is 0.221 e. The van der Waals surface area contributed by atoms with E-state index in [2.05, 4.69) is 10.5 Å². The Morgan fingerprint density at radius 1 is 0.900 bits per heavy atom. The van der Waals surface area contributed by atoms with E-state index in [1.54, 1.807) is 18.3 Å². The Morgan fingerprint density at radius 2 is 1.50 bits per heavy atom. The van der Waals surface area contributed by atoms with Gasteiger partial charge < -0.3 is 9.84 Å². The van der Waals surface area contributed by atoms with Crippen molar-refractivity contribution in [3.63, 3.8) is 0 Å². The van der Waals surface area contributed by atoms with E-state index in [4.69, 9.17) is 4.52 Å². The number of halogens is 1. The smallest absolute Gasteiger partial charge is 0.221 e. The number of carbonyl (C=O) groups excluding carboxylic acids is 1. The number of hydrogen-bond donors (Lipinski definition) is 1. The number of benzene rings is 3. The van der Waals surface area contributed by atoms with Gasteiger partial charge in [0.15, 0.2) is 5.76 Å². The molecule has 0 aliphatic heterocycles. The second kappa shape index (κ2) is 9.18. The summed E-state index contributed by atoms with van der Waals surface area (Å²) in [5.41, 5.74) is 3.59. The minimum Gasteiger partial charge on any atom is -0.356 e. The van der Waals surface area contributed by atoms with Crippen LogP contribution in [0, 0.1) is 5.82 Å². The molecule has 0 saturated carbocycles. The quantitative estimate of drug-likeness (QED) is 0.457. The molecule has 4 nitrogen and oxygen atoms in total. The number of nitrogens with one attached hydrogen (secondary N) is 1. The highest BCUT2D eigenvalue weighted by molar-refractivity contribution is 5.77. The lowest BCUT2D eigenvalue weighted by Gasteiger charge is -2.20. The highest BCUT2D eigenvalue weighted by Gasteiger charge is 2.18. The highest BCUT2D eigenvalue weighted by Crippen LogP contribution is 2.25. The molecule has 1 amide bonds. The summed E-state index contributed by atoms with van der Waals surface area (Å²) in [6.45, 7) is 0. The Hall–Kier alpha value is -3.73. The summed E-state index contributed by atoms with van der Waals surface area (Å²) in [7, 11) is 0. The first-order chi connectivity index (χ1) is 14.7. The third-order valence-corrected chi connectivity index (χ3v) is 4.94. The Kier molecular flexibility index (Phi) is 5.99. The van der Waals surface area contributed by atoms with Crippen LogP contribution in [0.15, 0.2) is 95.6 Å². The van der Waals surface area contributed by atoms with E-state index in [1.807, 2.05) is 60.7 Å². The Morgan fingerprint density at radius 3 is 2.10 bits per heavy atom. The predicted octanol–water partition coefficient (Wildman–Crippen LogP) is 5.32. The molecule has 1 aromatic heterocycles. The van der Waals surface area contributed by atoms with E-state index in [0.717, 1.165) is 22.3 Å². The van der Waals surface area contributed by atoms with Crippen molar-refractivity contribution in [2.75, 3.05) is 0 Å². The lowest BCUT2D eigenvalue weighted by molar-refractivity contribution is -0.121. The molecule has 5 heteroatoms. The SMILES string of the molecule is O=C(CCc1cnoc1-c1ccc(F)cc1)NC(c1ccccc1)c1ccccc1. The molecule has 0 bridgehead atoms. The molecule has 0 aliphatic rings. The van der Waals surface area contributed by atoms with Crippen LogP contribution in [-0.4, -0.2) is 11.1 Å². The van der Waals surface area contributed by atoms with Gasteiger partial charge in [-0.3, -0.25) is 4.79 Å². The number of rotatable bonds is 7. The number of aryl methyl sites for hydroxylation is 1. The van der Waals surface area contributed by atoms with Crippen LogP contribution in [0.1, 0.15) is 29.2 Å². The van der Waals surface area contributed by atoms with E-state index in [1.165, 1.54) is 12.1 Å². The molecule has 0 unspecified atom stereocenters. The van der Waals surface area contributed by atoms with Crippen LogP contribution in [0.5, 0.6) is 0 Å². The van der Waals surface area contributed by atoms with E-state index in [-0.39, 0.29) is 24.2 Å². The van der Waals surface area contributed by atoms with Crippen molar-refractivity contribution in [3.8, 4) is 11.3 Å². The maximum atomic E-state index is 13.2. The standard InChI is InChI=1S/C25H21FN2O2/c26-22-14-11-20(12-15-22)25-21(17-27-30-25)13-16-23(29)28-24(18-7-3-1-4-8-18)19-9-5-2-6-10-19/h1-12,14-15,17,24H,13,16H2,(H,28,29). The molecule has 1 heterocycles. The zero-order valence-corrected chi connectivity index (χ0v) is 16.3. The molecule has 150 valence electrons. The van der Waals surface area contributed by atoms with Gasteiger partial charge in [0.1, 0.15) is 5.82 Å². The summed E-state index contributed by atoms with van der Waals surface area (Å²) < 4.78 is 18.5. The first kappa shape index (κ1) is 19.6. The van der Waals surface area contributed by atoms with Gasteiger partial charge in [-0.25, -0.2) is 4.39 Å². The molecular formula is C25H21FN2O2. The summed E-state index contributed by atoms with van der Waals surface area (Å²) in [6.07, 6.45) is 2.36. The summed E-state index contributed by atoms with van der Waals surface area (Å²) in [6, 6.07) is 25.6. The van der Waals surface area contributed by atoms with Crippen molar-refractivity contribution in [1.29, 1.82) is 0 Å². The van der Waals surface area contributed by atoms with Crippen molar-refractivity contribution >= 4 is 5.91 Å². The van der Waals surface area contributed by atoms with Crippen molar-refractivity contribution < 1.29 is 13.7 Å². The van der Waals surface area contributed by atoms with E-state index < -0.39 is 0 Å². The molecule has 3 aromatic carbocycles. The summed E-state index contributed by atoms with van der Waals surface area (Å²) in [4.78, 5) is 12.8. The van der Waals surface area contributed by atoms with Crippen LogP contribution in [-0.2, 0) is 11.2 Å². The van der Waals surface area contributed by atoms with Crippen molar-refractivity contribution in [2.24, 2.45) is 0 Å². The molecule has 0 atom stereocenters. The molecule has 0 saturated heterocycles. The van der Waals surface area contributed by atoms with Gasteiger partial charge in [0.25, 0.3) is 0 Å². The predicted molar refractivity (Wildman–Crippen MR) is 113 cm³/mol. The third-order valence-electron chi connectivity index (χ3n) is 4.94. The minimum atomic E-state index is -0.313. The fourth-order valence-electron chi connectivity index (χ4n) is 3.41. The number of hydrogen-bond acceptors (Lipinski definition) is 3. The monoisotopic (exact) mass is 400 g/mol. The molecule has 0 radical (unpaired) electrons. The van der Waals surface area contributed by atoms with E-state index in [9.17, 15) is 9.18 Å². The van der Waals surface area contributed by atoms with Crippen LogP contribution in [0.25, 0.3) is 11.3 Å². The molecule has 30 heavy (non-hydrogen) atoms. The molecule has 0 fully saturated rings. The largest absolute Gasteiger partial charge is 0.356 e. The van der Waals surface area contributed by atoms with Crippen LogP contribution in [0.2, 0.25) is 0 Å². The molecular weight excluding hydrogens is 379 g/mol. The average molecular weight is 400 g/mol. The average Bonchev–Trinajstić information content (AvgIpc) is 3.26. The van der Waals surface area contributed by atoms with Crippen LogP contribution >= 0.6 is 0 Å². The molecule has 0 spiro atoms. The van der Waals surface area contributed by atoms with Crippen LogP contribution in [0.4, 0.5) is 4.39 Å². The number of carbonyl (C=O) groups is 1. The van der Waals surface area contributed by atoms with E-state index >= 15 is 0 Å². The minimum absolute atomic E-state index is 0.0704. The normalized spacial score (nSPS) is 10.9. The Labute approximate surface area is 174 Å². The van der Waals surface area contributed by atoms with Gasteiger partial charge in [0, 0.05) is 17.5 Å². The summed E-state index contributed by atoms with van der Waals surface area (Å²) in [5, 5.41) is 6.99. The topological polar surface area (TPSA) is 55.1 Å². The number of aromatic nitrogens is 1. The number of amides is 1. The van der Waals surface area contributed by atoms with Gasteiger partial charge in [0.2, 0.25) is 5.91 Å². The molecule has 4 aromatic rings. The molecule has 4 rings (SSSR count). The van der Waals surface area contributed by atoms with E-state index in [0.29, 0.717) is 12.2 Å². The fraction of sp³-hybridized carbons (Fsp3) is 0.120. The molecule has 1 N–H and O–H groups in total. The fourth-order valence-corrected chi connectivity index (χ4v) is 3.41. The summed E-state index contributed by atoms with van der Waals surface area (Å²) >= 11 is 0. The van der Waals surface area contributed by atoms with Gasteiger partial charge in [0.05, 0.1) is 12.2 Å². The Balaban J connectivity index is 1.46. The third kappa shape index (κ3) is 4.63. The van der Waals surface area contributed by atoms with Gasteiger partial charge in [-0.1, -0.05) is 65.8 Å². The summed E-state index contributed by atoms with van der Waals surface area (Å²) in [5.74, 6) is 0.177. The van der Waals surface area contributed by atoms with Crippen molar-refractivity contribution in [1.82, 2.24) is 10.5 Å². The second-order valence-electron chi connectivity index (χ2n) is 7.01. The van der Waals surface area contributed by atoms with Gasteiger partial charge in [-0.05, 0) is 41.8 Å². The van der Waals surface area contributed by atoms with Gasteiger partial charge in [-0.2, -0.15) is 0 Å².